The zero-order chi connectivity index (χ0) is 13.7. The first-order chi connectivity index (χ1) is 9.22. The first-order valence-corrected chi connectivity index (χ1v) is 6.99. The van der Waals surface area contributed by atoms with Crippen LogP contribution in [0.25, 0.3) is 0 Å². The Hall–Kier alpha value is -1.10. The second kappa shape index (κ2) is 6.89. The number of ether oxygens (including phenoxy) is 1. The quantitative estimate of drug-likeness (QED) is 0.871. The van der Waals surface area contributed by atoms with Crippen LogP contribution >= 0.6 is 0 Å². The van der Waals surface area contributed by atoms with Crippen LogP contribution in [0.5, 0.6) is 5.75 Å². The van der Waals surface area contributed by atoms with Crippen molar-refractivity contribution in [3.8, 4) is 5.75 Å². The maximum Gasteiger partial charge on any atom is 0.119 e. The number of methoxy groups -OCH3 is 1. The molecule has 1 heterocycles. The van der Waals surface area contributed by atoms with E-state index in [0.717, 1.165) is 44.0 Å². The molecular formula is C15H24N2O2. The molecule has 0 radical (unpaired) electrons. The standard InChI is InChI=1S/C15H24N2O2/c1-3-16-7-9-17(10-8-16)12-15(18)13-5-4-6-14(11-13)19-2/h4-6,11,15,18H,3,7-10,12H2,1-2H3. The Kier molecular flexibility index (Phi) is 5.19. The molecule has 1 aliphatic heterocycles. The van der Waals surface area contributed by atoms with Crippen molar-refractivity contribution < 1.29 is 9.84 Å². The van der Waals surface area contributed by atoms with E-state index in [9.17, 15) is 5.11 Å². The van der Waals surface area contributed by atoms with Gasteiger partial charge in [-0.05, 0) is 24.2 Å². The van der Waals surface area contributed by atoms with Crippen LogP contribution in [0.3, 0.4) is 0 Å². The van der Waals surface area contributed by atoms with Crippen LogP contribution in [-0.2, 0) is 0 Å². The van der Waals surface area contributed by atoms with Crippen molar-refractivity contribution in [3.05, 3.63) is 29.8 Å². The van der Waals surface area contributed by atoms with Crippen LogP contribution in [0.2, 0.25) is 0 Å². The highest BCUT2D eigenvalue weighted by Gasteiger charge is 2.19. The van der Waals surface area contributed by atoms with Crippen molar-refractivity contribution in [2.24, 2.45) is 0 Å². The number of rotatable bonds is 5. The van der Waals surface area contributed by atoms with Crippen LogP contribution in [0.15, 0.2) is 24.3 Å². The minimum absolute atomic E-state index is 0.441. The van der Waals surface area contributed by atoms with Gasteiger partial charge < -0.3 is 14.7 Å². The molecule has 0 amide bonds. The lowest BCUT2D eigenvalue weighted by Crippen LogP contribution is -2.47. The average molecular weight is 264 g/mol. The van der Waals surface area contributed by atoms with Gasteiger partial charge in [0.05, 0.1) is 13.2 Å². The van der Waals surface area contributed by atoms with Gasteiger partial charge in [0.1, 0.15) is 5.75 Å². The van der Waals surface area contributed by atoms with Crippen molar-refractivity contribution in [2.75, 3.05) is 46.4 Å². The summed E-state index contributed by atoms with van der Waals surface area (Å²) in [6, 6.07) is 7.69. The molecule has 1 N–H and O–H groups in total. The summed E-state index contributed by atoms with van der Waals surface area (Å²) < 4.78 is 5.19. The highest BCUT2D eigenvalue weighted by atomic mass is 16.5. The number of hydrogen-bond acceptors (Lipinski definition) is 4. The maximum atomic E-state index is 10.3. The number of nitrogens with zero attached hydrogens (tertiary/aromatic N) is 2. The lowest BCUT2D eigenvalue weighted by molar-refractivity contribution is 0.0743. The number of aliphatic hydroxyl groups excluding tert-OH is 1. The smallest absolute Gasteiger partial charge is 0.119 e. The number of likely N-dealkylation sites (N-methyl/N-ethyl adjacent to an activating group) is 1. The van der Waals surface area contributed by atoms with Crippen molar-refractivity contribution >= 4 is 0 Å². The van der Waals surface area contributed by atoms with Crippen molar-refractivity contribution in [2.45, 2.75) is 13.0 Å². The Morgan fingerprint density at radius 3 is 2.53 bits per heavy atom. The molecule has 1 fully saturated rings. The molecule has 0 bridgehead atoms. The summed E-state index contributed by atoms with van der Waals surface area (Å²) in [4.78, 5) is 4.77. The van der Waals surface area contributed by atoms with Crippen LogP contribution in [0.1, 0.15) is 18.6 Å². The molecule has 19 heavy (non-hydrogen) atoms. The third-order valence-electron chi connectivity index (χ3n) is 3.82. The normalized spacial score (nSPS) is 19.3. The molecular weight excluding hydrogens is 240 g/mol. The first-order valence-electron chi connectivity index (χ1n) is 6.99. The number of piperazine rings is 1. The predicted molar refractivity (Wildman–Crippen MR) is 76.5 cm³/mol. The lowest BCUT2D eigenvalue weighted by atomic mass is 10.1. The molecule has 0 aliphatic carbocycles. The Bertz CT molecular complexity index is 389. The SMILES string of the molecule is CCN1CCN(CC(O)c2cccc(OC)c2)CC1. The number of β-amino-alcohol motifs (C(OH)–C–C–N with tert-alkyl or cyclic N) is 1. The van der Waals surface area contributed by atoms with Crippen molar-refractivity contribution in [3.63, 3.8) is 0 Å². The molecule has 106 valence electrons. The Morgan fingerprint density at radius 1 is 1.21 bits per heavy atom. The summed E-state index contributed by atoms with van der Waals surface area (Å²) >= 11 is 0. The van der Waals surface area contributed by atoms with Gasteiger partial charge in [-0.15, -0.1) is 0 Å². The largest absolute Gasteiger partial charge is 0.497 e. The third-order valence-corrected chi connectivity index (χ3v) is 3.82. The molecule has 0 spiro atoms. The van der Waals surface area contributed by atoms with Gasteiger partial charge in [-0.3, -0.25) is 4.90 Å². The summed E-state index contributed by atoms with van der Waals surface area (Å²) in [6.45, 7) is 8.28. The van der Waals surface area contributed by atoms with Crippen molar-refractivity contribution in [1.82, 2.24) is 9.80 Å². The van der Waals surface area contributed by atoms with E-state index in [-0.39, 0.29) is 0 Å². The number of hydrogen-bond donors (Lipinski definition) is 1. The monoisotopic (exact) mass is 264 g/mol. The van der Waals surface area contributed by atoms with Gasteiger partial charge in [0, 0.05) is 32.7 Å². The Morgan fingerprint density at radius 2 is 1.89 bits per heavy atom. The second-order valence-electron chi connectivity index (χ2n) is 5.03. The van der Waals surface area contributed by atoms with E-state index in [1.807, 2.05) is 24.3 Å². The molecule has 4 heteroatoms. The van der Waals surface area contributed by atoms with Gasteiger partial charge in [-0.2, -0.15) is 0 Å². The van der Waals surface area contributed by atoms with Crippen LogP contribution in [0.4, 0.5) is 0 Å². The third kappa shape index (κ3) is 3.93. The highest BCUT2D eigenvalue weighted by molar-refractivity contribution is 5.29. The van der Waals surface area contributed by atoms with Gasteiger partial charge in [0.15, 0.2) is 0 Å². The molecule has 1 aromatic rings. The minimum atomic E-state index is -0.441. The fourth-order valence-electron chi connectivity index (χ4n) is 2.49. The summed E-state index contributed by atoms with van der Waals surface area (Å²) in [7, 11) is 1.65. The number of aliphatic hydroxyl groups is 1. The van der Waals surface area contributed by atoms with E-state index in [0.29, 0.717) is 6.54 Å². The Balaban J connectivity index is 1.88. The van der Waals surface area contributed by atoms with E-state index >= 15 is 0 Å². The van der Waals surface area contributed by atoms with Gasteiger partial charge in [-0.1, -0.05) is 19.1 Å². The molecule has 0 aromatic heterocycles. The zero-order valence-corrected chi connectivity index (χ0v) is 11.9. The molecule has 1 unspecified atom stereocenters. The van der Waals surface area contributed by atoms with E-state index in [4.69, 9.17) is 4.74 Å². The first kappa shape index (κ1) is 14.3. The Labute approximate surface area is 115 Å². The lowest BCUT2D eigenvalue weighted by Gasteiger charge is -2.35. The molecule has 0 saturated carbocycles. The predicted octanol–water partition coefficient (Wildman–Crippen LogP) is 1.37. The molecule has 1 saturated heterocycles. The zero-order valence-electron chi connectivity index (χ0n) is 11.9. The molecule has 1 atom stereocenters. The van der Waals surface area contributed by atoms with Crippen LogP contribution in [-0.4, -0.2) is 61.3 Å². The topological polar surface area (TPSA) is 35.9 Å². The summed E-state index contributed by atoms with van der Waals surface area (Å²) in [6.07, 6.45) is -0.441. The number of benzene rings is 1. The molecule has 2 rings (SSSR count). The average Bonchev–Trinajstić information content (AvgIpc) is 2.48. The second-order valence-corrected chi connectivity index (χ2v) is 5.03. The van der Waals surface area contributed by atoms with Gasteiger partial charge in [0.25, 0.3) is 0 Å². The molecule has 1 aromatic carbocycles. The van der Waals surface area contributed by atoms with E-state index in [1.54, 1.807) is 7.11 Å². The molecule has 4 nitrogen and oxygen atoms in total. The van der Waals surface area contributed by atoms with E-state index in [1.165, 1.54) is 0 Å². The summed E-state index contributed by atoms with van der Waals surface area (Å²) in [5.41, 5.74) is 0.928. The van der Waals surface area contributed by atoms with Gasteiger partial charge >= 0.3 is 0 Å². The van der Waals surface area contributed by atoms with E-state index in [2.05, 4.69) is 16.7 Å². The molecule has 1 aliphatic rings. The van der Waals surface area contributed by atoms with Gasteiger partial charge in [-0.25, -0.2) is 0 Å². The summed E-state index contributed by atoms with van der Waals surface area (Å²) in [5, 5.41) is 10.3. The fraction of sp³-hybridized carbons (Fsp3) is 0.600. The van der Waals surface area contributed by atoms with Crippen molar-refractivity contribution in [1.29, 1.82) is 0 Å². The van der Waals surface area contributed by atoms with Gasteiger partial charge in [0.2, 0.25) is 0 Å². The van der Waals surface area contributed by atoms with Crippen LogP contribution < -0.4 is 4.74 Å². The van der Waals surface area contributed by atoms with Crippen LogP contribution in [0, 0.1) is 0 Å². The maximum absolute atomic E-state index is 10.3. The fourth-order valence-corrected chi connectivity index (χ4v) is 2.49. The highest BCUT2D eigenvalue weighted by Crippen LogP contribution is 2.20. The van der Waals surface area contributed by atoms with E-state index < -0.39 is 6.10 Å². The minimum Gasteiger partial charge on any atom is -0.497 e. The summed E-state index contributed by atoms with van der Waals surface area (Å²) in [5.74, 6) is 0.798.